The van der Waals surface area contributed by atoms with Crippen LogP contribution in [0.5, 0.6) is 0 Å². The van der Waals surface area contributed by atoms with Gasteiger partial charge in [0.25, 0.3) is 0 Å². The van der Waals surface area contributed by atoms with E-state index in [4.69, 9.17) is 0 Å². The fraction of sp³-hybridized carbons (Fsp3) is 0.714. The molecule has 0 nitrogen and oxygen atoms in total. The molecule has 3 atom stereocenters. The van der Waals surface area contributed by atoms with Gasteiger partial charge in [-0.25, -0.2) is 0 Å². The SMILES string of the molecule is CCCCc1ccc(C2CCC(CCCC)C(C)C2)cc1. The first-order valence-corrected chi connectivity index (χ1v) is 9.33. The van der Waals surface area contributed by atoms with Crippen LogP contribution in [0.25, 0.3) is 0 Å². The van der Waals surface area contributed by atoms with Gasteiger partial charge in [0.15, 0.2) is 0 Å². The number of hydrogen-bond donors (Lipinski definition) is 0. The maximum atomic E-state index is 2.49. The largest absolute Gasteiger partial charge is 0.0654 e. The highest BCUT2D eigenvalue weighted by atomic mass is 14.3. The van der Waals surface area contributed by atoms with E-state index in [0.717, 1.165) is 17.8 Å². The normalized spacial score (nSPS) is 26.0. The summed E-state index contributed by atoms with van der Waals surface area (Å²) < 4.78 is 0. The molecule has 0 bridgehead atoms. The van der Waals surface area contributed by atoms with E-state index >= 15 is 0 Å². The summed E-state index contributed by atoms with van der Waals surface area (Å²) in [6.07, 6.45) is 12.4. The van der Waals surface area contributed by atoms with Crippen molar-refractivity contribution in [3.05, 3.63) is 35.4 Å². The summed E-state index contributed by atoms with van der Waals surface area (Å²) in [5.41, 5.74) is 3.11. The Morgan fingerprint density at radius 3 is 2.29 bits per heavy atom. The van der Waals surface area contributed by atoms with Crippen LogP contribution in [0.15, 0.2) is 24.3 Å². The van der Waals surface area contributed by atoms with Gasteiger partial charge in [-0.3, -0.25) is 0 Å². The Labute approximate surface area is 132 Å². The average molecular weight is 287 g/mol. The summed E-state index contributed by atoms with van der Waals surface area (Å²) in [5.74, 6) is 2.72. The topological polar surface area (TPSA) is 0 Å². The second-order valence-electron chi connectivity index (χ2n) is 7.23. The third kappa shape index (κ3) is 4.87. The van der Waals surface area contributed by atoms with E-state index in [1.54, 1.807) is 5.56 Å². The van der Waals surface area contributed by atoms with Crippen molar-refractivity contribution in [3.63, 3.8) is 0 Å². The highest BCUT2D eigenvalue weighted by Crippen LogP contribution is 2.41. The molecule has 0 spiro atoms. The minimum atomic E-state index is 0.818. The van der Waals surface area contributed by atoms with Crippen molar-refractivity contribution in [1.29, 1.82) is 0 Å². The van der Waals surface area contributed by atoms with Gasteiger partial charge in [-0.1, -0.05) is 70.7 Å². The average Bonchev–Trinajstić information content (AvgIpc) is 2.52. The van der Waals surface area contributed by atoms with Crippen LogP contribution in [0.1, 0.15) is 89.2 Å². The van der Waals surface area contributed by atoms with Crippen molar-refractivity contribution < 1.29 is 0 Å². The van der Waals surface area contributed by atoms with Gasteiger partial charge in [-0.2, -0.15) is 0 Å². The maximum absolute atomic E-state index is 2.49. The van der Waals surface area contributed by atoms with Crippen LogP contribution in [0, 0.1) is 11.8 Å². The fourth-order valence-corrected chi connectivity index (χ4v) is 3.99. The Morgan fingerprint density at radius 2 is 1.67 bits per heavy atom. The number of rotatable bonds is 7. The number of hydrogen-bond acceptors (Lipinski definition) is 0. The molecule has 0 saturated heterocycles. The molecule has 0 aromatic heterocycles. The predicted octanol–water partition coefficient (Wildman–Crippen LogP) is 6.74. The number of unbranched alkanes of at least 4 members (excludes halogenated alkanes) is 2. The molecule has 0 heteroatoms. The predicted molar refractivity (Wildman–Crippen MR) is 93.8 cm³/mol. The molecular formula is C21H34. The molecule has 1 aliphatic rings. The Morgan fingerprint density at radius 1 is 0.952 bits per heavy atom. The van der Waals surface area contributed by atoms with E-state index < -0.39 is 0 Å². The van der Waals surface area contributed by atoms with E-state index in [2.05, 4.69) is 45.0 Å². The van der Waals surface area contributed by atoms with Crippen LogP contribution in [0.2, 0.25) is 0 Å². The zero-order chi connectivity index (χ0) is 15.1. The van der Waals surface area contributed by atoms with Crippen molar-refractivity contribution in [2.75, 3.05) is 0 Å². The Hall–Kier alpha value is -0.780. The van der Waals surface area contributed by atoms with Crippen LogP contribution >= 0.6 is 0 Å². The second kappa shape index (κ2) is 8.61. The molecule has 0 amide bonds. The minimum Gasteiger partial charge on any atom is -0.0654 e. The lowest BCUT2D eigenvalue weighted by Crippen LogP contribution is -2.21. The molecule has 118 valence electrons. The molecule has 3 unspecified atom stereocenters. The summed E-state index contributed by atoms with van der Waals surface area (Å²) in [4.78, 5) is 0. The van der Waals surface area contributed by atoms with E-state index in [1.165, 1.54) is 63.4 Å². The summed E-state index contributed by atoms with van der Waals surface area (Å²) in [6, 6.07) is 9.57. The van der Waals surface area contributed by atoms with Crippen LogP contribution in [0.4, 0.5) is 0 Å². The first-order valence-electron chi connectivity index (χ1n) is 9.33. The highest BCUT2D eigenvalue weighted by Gasteiger charge is 2.27. The quantitative estimate of drug-likeness (QED) is 0.520. The zero-order valence-electron chi connectivity index (χ0n) is 14.4. The van der Waals surface area contributed by atoms with E-state index in [-0.39, 0.29) is 0 Å². The lowest BCUT2D eigenvalue weighted by Gasteiger charge is -2.34. The molecule has 0 N–H and O–H groups in total. The molecule has 0 radical (unpaired) electrons. The Kier molecular flexibility index (Phi) is 6.80. The van der Waals surface area contributed by atoms with Gasteiger partial charge >= 0.3 is 0 Å². The van der Waals surface area contributed by atoms with Crippen molar-refractivity contribution >= 4 is 0 Å². The monoisotopic (exact) mass is 286 g/mol. The zero-order valence-corrected chi connectivity index (χ0v) is 14.4. The molecule has 0 heterocycles. The minimum absolute atomic E-state index is 0.818. The first-order chi connectivity index (χ1) is 10.2. The van der Waals surface area contributed by atoms with Gasteiger partial charge in [0, 0.05) is 0 Å². The fourth-order valence-electron chi connectivity index (χ4n) is 3.99. The smallest absolute Gasteiger partial charge is 0.0159 e. The van der Waals surface area contributed by atoms with Crippen LogP contribution in [-0.4, -0.2) is 0 Å². The third-order valence-electron chi connectivity index (χ3n) is 5.55. The van der Waals surface area contributed by atoms with Gasteiger partial charge in [0.05, 0.1) is 0 Å². The summed E-state index contributed by atoms with van der Waals surface area (Å²) in [6.45, 7) is 7.07. The molecule has 1 aromatic rings. The standard InChI is InChI=1S/C21H34/c1-4-6-8-18-10-12-20(13-11-18)21-15-14-19(9-7-5-2)17(3)16-21/h10-13,17,19,21H,4-9,14-16H2,1-3H3. The van der Waals surface area contributed by atoms with Gasteiger partial charge in [0.1, 0.15) is 0 Å². The van der Waals surface area contributed by atoms with E-state index in [0.29, 0.717) is 0 Å². The van der Waals surface area contributed by atoms with Gasteiger partial charge in [-0.15, -0.1) is 0 Å². The highest BCUT2D eigenvalue weighted by molar-refractivity contribution is 5.26. The first kappa shape index (κ1) is 16.6. The van der Waals surface area contributed by atoms with Gasteiger partial charge in [0.2, 0.25) is 0 Å². The molecule has 1 fully saturated rings. The third-order valence-corrected chi connectivity index (χ3v) is 5.55. The Bertz CT molecular complexity index is 389. The van der Waals surface area contributed by atoms with Crippen molar-refractivity contribution in [1.82, 2.24) is 0 Å². The molecule has 1 saturated carbocycles. The number of benzene rings is 1. The van der Waals surface area contributed by atoms with E-state index in [9.17, 15) is 0 Å². The van der Waals surface area contributed by atoms with Crippen LogP contribution in [0.3, 0.4) is 0 Å². The summed E-state index contributed by atoms with van der Waals surface area (Å²) in [5, 5.41) is 0. The van der Waals surface area contributed by atoms with Gasteiger partial charge < -0.3 is 0 Å². The molecule has 1 aromatic carbocycles. The molecule has 2 rings (SSSR count). The van der Waals surface area contributed by atoms with Crippen LogP contribution < -0.4 is 0 Å². The lowest BCUT2D eigenvalue weighted by molar-refractivity contribution is 0.216. The van der Waals surface area contributed by atoms with Gasteiger partial charge in [-0.05, 0) is 61.0 Å². The number of aryl methyl sites for hydroxylation is 1. The molecule has 21 heavy (non-hydrogen) atoms. The van der Waals surface area contributed by atoms with E-state index in [1.807, 2.05) is 0 Å². The summed E-state index contributed by atoms with van der Waals surface area (Å²) >= 11 is 0. The lowest BCUT2D eigenvalue weighted by atomic mass is 9.71. The maximum Gasteiger partial charge on any atom is -0.0159 e. The summed E-state index contributed by atoms with van der Waals surface area (Å²) in [7, 11) is 0. The van der Waals surface area contributed by atoms with Crippen molar-refractivity contribution in [3.8, 4) is 0 Å². The molecular weight excluding hydrogens is 252 g/mol. The van der Waals surface area contributed by atoms with Crippen LogP contribution in [-0.2, 0) is 6.42 Å². The second-order valence-corrected chi connectivity index (χ2v) is 7.23. The molecule has 1 aliphatic carbocycles. The van der Waals surface area contributed by atoms with Crippen molar-refractivity contribution in [2.45, 2.75) is 84.5 Å². The Balaban J connectivity index is 1.88. The molecule has 0 aliphatic heterocycles. The van der Waals surface area contributed by atoms with Crippen molar-refractivity contribution in [2.24, 2.45) is 11.8 Å².